The summed E-state index contributed by atoms with van der Waals surface area (Å²) in [5.74, 6) is 0. The zero-order valence-corrected chi connectivity index (χ0v) is 6.25. The largest absolute Gasteiger partial charge is 0.376 e. The van der Waals surface area contributed by atoms with Crippen LogP contribution >= 0.6 is 0 Å². The van der Waals surface area contributed by atoms with Crippen molar-refractivity contribution in [2.24, 2.45) is 5.73 Å². The molecule has 1 saturated heterocycles. The maximum absolute atomic E-state index is 7.32. The van der Waals surface area contributed by atoms with Gasteiger partial charge < -0.3 is 15.2 Å². The fourth-order valence-electron chi connectivity index (χ4n) is 1.11. The predicted molar refractivity (Wildman–Crippen MR) is 38.8 cm³/mol. The van der Waals surface area contributed by atoms with Gasteiger partial charge in [-0.15, -0.1) is 0 Å². The molecule has 10 heavy (non-hydrogen) atoms. The Bertz CT molecular complexity index is 123. The Morgan fingerprint density at radius 3 is 3.30 bits per heavy atom. The van der Waals surface area contributed by atoms with Crippen LogP contribution in [0.2, 0.25) is 0 Å². The molecule has 0 amide bonds. The second-order valence-corrected chi connectivity index (χ2v) is 2.31. The van der Waals surface area contributed by atoms with E-state index < -0.39 is 6.58 Å². The molecule has 1 fully saturated rings. The summed E-state index contributed by atoms with van der Waals surface area (Å²) >= 11 is 0. The first-order valence-electron chi connectivity index (χ1n) is 4.25. The molecule has 1 aliphatic rings. The van der Waals surface area contributed by atoms with Gasteiger partial charge in [0.25, 0.3) is 0 Å². The molecule has 3 heteroatoms. The second-order valence-electron chi connectivity index (χ2n) is 2.31. The third-order valence-corrected chi connectivity index (χ3v) is 1.63. The van der Waals surface area contributed by atoms with Gasteiger partial charge >= 0.3 is 0 Å². The molecular formula is C7H15NO2. The molecule has 0 saturated carbocycles. The van der Waals surface area contributed by atoms with Gasteiger partial charge in [0.2, 0.25) is 0 Å². The number of rotatable bonds is 3. The van der Waals surface area contributed by atoms with Gasteiger partial charge in [-0.1, -0.05) is 0 Å². The van der Waals surface area contributed by atoms with Crippen molar-refractivity contribution in [3.63, 3.8) is 0 Å². The van der Waals surface area contributed by atoms with E-state index in [-0.39, 0.29) is 12.2 Å². The summed E-state index contributed by atoms with van der Waals surface area (Å²) < 4.78 is 17.9. The molecule has 0 aromatic heterocycles. The molecule has 0 aliphatic carbocycles. The quantitative estimate of drug-likeness (QED) is 0.617. The lowest BCUT2D eigenvalue weighted by Crippen LogP contribution is -2.31. The third-order valence-electron chi connectivity index (χ3n) is 1.63. The SMILES string of the molecule is [3H]C1CC(OCC)C(CN)O1. The van der Waals surface area contributed by atoms with Crippen molar-refractivity contribution >= 4 is 0 Å². The van der Waals surface area contributed by atoms with Gasteiger partial charge in [0.05, 0.1) is 13.6 Å². The summed E-state index contributed by atoms with van der Waals surface area (Å²) in [7, 11) is 0. The van der Waals surface area contributed by atoms with Gasteiger partial charge in [-0.05, 0) is 13.3 Å². The first kappa shape index (κ1) is 6.58. The molecule has 60 valence electrons. The Morgan fingerprint density at radius 2 is 2.70 bits per heavy atom. The smallest absolute Gasteiger partial charge is 0.0959 e. The minimum absolute atomic E-state index is 0.0347. The van der Waals surface area contributed by atoms with Crippen molar-refractivity contribution in [3.8, 4) is 0 Å². The molecule has 3 unspecified atom stereocenters. The van der Waals surface area contributed by atoms with Crippen LogP contribution in [0.25, 0.3) is 0 Å². The van der Waals surface area contributed by atoms with Crippen LogP contribution in [0.3, 0.4) is 0 Å². The van der Waals surface area contributed by atoms with Crippen LogP contribution in [-0.2, 0) is 9.47 Å². The van der Waals surface area contributed by atoms with E-state index in [1.165, 1.54) is 0 Å². The van der Waals surface area contributed by atoms with Crippen molar-refractivity contribution in [1.29, 1.82) is 0 Å². The van der Waals surface area contributed by atoms with Crippen LogP contribution in [0, 0.1) is 0 Å². The second kappa shape index (κ2) is 3.91. The molecule has 0 aromatic rings. The first-order valence-corrected chi connectivity index (χ1v) is 3.67. The van der Waals surface area contributed by atoms with Crippen molar-refractivity contribution in [2.75, 3.05) is 19.7 Å². The van der Waals surface area contributed by atoms with E-state index >= 15 is 0 Å². The minimum Gasteiger partial charge on any atom is -0.376 e. The topological polar surface area (TPSA) is 44.5 Å². The van der Waals surface area contributed by atoms with Crippen molar-refractivity contribution in [2.45, 2.75) is 25.6 Å². The predicted octanol–water partition coefficient (Wildman–Crippen LogP) is 0.139. The number of hydrogen-bond donors (Lipinski definition) is 1. The van der Waals surface area contributed by atoms with E-state index in [9.17, 15) is 0 Å². The van der Waals surface area contributed by atoms with E-state index in [4.69, 9.17) is 16.6 Å². The maximum atomic E-state index is 7.32. The average Bonchev–Trinajstić information content (AvgIpc) is 2.32. The monoisotopic (exact) mass is 147 g/mol. The first-order chi connectivity index (χ1) is 5.27. The lowest BCUT2D eigenvalue weighted by molar-refractivity contribution is 0.000898. The van der Waals surface area contributed by atoms with Gasteiger partial charge in [-0.25, -0.2) is 0 Å². The zero-order chi connectivity index (χ0) is 8.27. The molecule has 0 aromatic carbocycles. The minimum atomic E-state index is -0.444. The standard InChI is InChI=1S/C7H15NO2/c1-2-9-6-3-4-10-7(6)5-8/h6-7H,2-5,8H2,1H3/i4T. The highest BCUT2D eigenvalue weighted by Crippen LogP contribution is 2.15. The number of nitrogens with two attached hydrogens (primary N) is 1. The Hall–Kier alpha value is -0.120. The van der Waals surface area contributed by atoms with Gasteiger partial charge in [-0.2, -0.15) is 0 Å². The van der Waals surface area contributed by atoms with E-state index in [1.54, 1.807) is 0 Å². The van der Waals surface area contributed by atoms with Crippen LogP contribution in [0.4, 0.5) is 0 Å². The average molecular weight is 147 g/mol. The molecule has 1 rings (SSSR count). The highest BCUT2D eigenvalue weighted by molar-refractivity contribution is 4.77. The highest BCUT2D eigenvalue weighted by atomic mass is 16.6. The van der Waals surface area contributed by atoms with Gasteiger partial charge in [0, 0.05) is 19.7 Å². The summed E-state index contributed by atoms with van der Waals surface area (Å²) in [6.45, 7) is 2.60. The molecule has 0 radical (unpaired) electrons. The van der Waals surface area contributed by atoms with E-state index in [0.29, 0.717) is 19.6 Å². The molecule has 0 bridgehead atoms. The summed E-state index contributed by atoms with van der Waals surface area (Å²) in [5, 5.41) is 0. The Labute approximate surface area is 62.9 Å². The molecule has 3 nitrogen and oxygen atoms in total. The Kier molecular flexibility index (Phi) is 2.57. The van der Waals surface area contributed by atoms with Crippen LogP contribution in [0.5, 0.6) is 0 Å². The normalized spacial score (nSPS) is 41.8. The van der Waals surface area contributed by atoms with E-state index in [0.717, 1.165) is 0 Å². The number of hydrogen-bond acceptors (Lipinski definition) is 3. The van der Waals surface area contributed by atoms with E-state index in [2.05, 4.69) is 0 Å². The van der Waals surface area contributed by atoms with Gasteiger partial charge in [-0.3, -0.25) is 0 Å². The lowest BCUT2D eigenvalue weighted by Gasteiger charge is -2.15. The van der Waals surface area contributed by atoms with Crippen molar-refractivity contribution < 1.29 is 10.8 Å². The Balaban J connectivity index is 2.37. The summed E-state index contributed by atoms with van der Waals surface area (Å²) in [5.41, 5.74) is 5.43. The molecular weight excluding hydrogens is 130 g/mol. The maximum Gasteiger partial charge on any atom is 0.0959 e. The summed E-state index contributed by atoms with van der Waals surface area (Å²) in [6.07, 6.45) is 0.611. The molecule has 1 heterocycles. The molecule has 2 N–H and O–H groups in total. The molecule has 0 spiro atoms. The fraction of sp³-hybridized carbons (Fsp3) is 1.00. The number of ether oxygens (including phenoxy) is 2. The van der Waals surface area contributed by atoms with Crippen LogP contribution in [0.1, 0.15) is 14.7 Å². The fourth-order valence-corrected chi connectivity index (χ4v) is 1.11. The Morgan fingerprint density at radius 1 is 1.90 bits per heavy atom. The van der Waals surface area contributed by atoms with Crippen LogP contribution in [-0.4, -0.2) is 31.9 Å². The molecule has 1 aliphatic heterocycles. The summed E-state index contributed by atoms with van der Waals surface area (Å²) in [6, 6.07) is 0. The zero-order valence-electron chi connectivity index (χ0n) is 7.25. The molecule has 3 atom stereocenters. The van der Waals surface area contributed by atoms with E-state index in [1.807, 2.05) is 6.92 Å². The highest BCUT2D eigenvalue weighted by Gasteiger charge is 2.26. The van der Waals surface area contributed by atoms with Crippen molar-refractivity contribution in [1.82, 2.24) is 0 Å². The third kappa shape index (κ3) is 1.68. The van der Waals surface area contributed by atoms with Crippen molar-refractivity contribution in [3.05, 3.63) is 0 Å². The van der Waals surface area contributed by atoms with Crippen LogP contribution < -0.4 is 5.73 Å². The lowest BCUT2D eigenvalue weighted by atomic mass is 10.2. The van der Waals surface area contributed by atoms with Crippen LogP contribution in [0.15, 0.2) is 0 Å². The van der Waals surface area contributed by atoms with Gasteiger partial charge in [0.1, 0.15) is 0 Å². The van der Waals surface area contributed by atoms with Gasteiger partial charge in [0.15, 0.2) is 0 Å². The summed E-state index contributed by atoms with van der Waals surface area (Å²) in [4.78, 5) is 0.